The Hall–Kier alpha value is -0.330. The van der Waals surface area contributed by atoms with Gasteiger partial charge in [0, 0.05) is 15.4 Å². The van der Waals surface area contributed by atoms with Crippen LogP contribution in [0.25, 0.3) is 11.3 Å². The Morgan fingerprint density at radius 1 is 1.26 bits per heavy atom. The summed E-state index contributed by atoms with van der Waals surface area (Å²) >= 11 is 21.0. The van der Waals surface area contributed by atoms with Crippen molar-refractivity contribution in [2.24, 2.45) is 0 Å². The van der Waals surface area contributed by atoms with Gasteiger partial charge in [-0.05, 0) is 12.1 Å². The number of anilines is 1. The van der Waals surface area contributed by atoms with Crippen LogP contribution in [0.2, 0.25) is 0 Å². The lowest BCUT2D eigenvalue weighted by atomic mass is 10.2. The van der Waals surface area contributed by atoms with Crippen molar-refractivity contribution in [3.05, 3.63) is 34.1 Å². The maximum absolute atomic E-state index is 11.5. The quantitative estimate of drug-likeness (QED) is 0.730. The van der Waals surface area contributed by atoms with Gasteiger partial charge in [-0.1, -0.05) is 62.9 Å². The van der Waals surface area contributed by atoms with E-state index in [-0.39, 0.29) is 0 Å². The van der Waals surface area contributed by atoms with Crippen molar-refractivity contribution >= 4 is 73.1 Å². The lowest BCUT2D eigenvalue weighted by Gasteiger charge is -2.08. The Bertz CT molecular complexity index is 595. The van der Waals surface area contributed by atoms with Crippen LogP contribution in [0.3, 0.4) is 0 Å². The lowest BCUT2D eigenvalue weighted by Crippen LogP contribution is -2.26. The molecule has 0 spiro atoms. The van der Waals surface area contributed by atoms with Crippen LogP contribution in [-0.4, -0.2) is 14.7 Å². The fourth-order valence-electron chi connectivity index (χ4n) is 1.25. The highest BCUT2D eigenvalue weighted by atomic mass is 79.9. The van der Waals surface area contributed by atoms with Gasteiger partial charge in [0.05, 0.1) is 5.69 Å². The highest BCUT2D eigenvalue weighted by Gasteiger charge is 2.31. The lowest BCUT2D eigenvalue weighted by molar-refractivity contribution is -0.115. The summed E-state index contributed by atoms with van der Waals surface area (Å²) in [5.74, 6) is -0.728. The number of benzene rings is 1. The third-order valence-electron chi connectivity index (χ3n) is 2.12. The van der Waals surface area contributed by atoms with Crippen LogP contribution in [0.15, 0.2) is 34.1 Å². The molecule has 1 aromatic heterocycles. The first-order valence-corrected chi connectivity index (χ1v) is 7.76. The molecule has 100 valence electrons. The number of carbonyl (C=O) groups is 1. The van der Waals surface area contributed by atoms with Gasteiger partial charge in [-0.15, -0.1) is 11.3 Å². The smallest absolute Gasteiger partial charge is 0.278 e. The summed E-state index contributed by atoms with van der Waals surface area (Å²) in [6.45, 7) is 0. The van der Waals surface area contributed by atoms with Gasteiger partial charge < -0.3 is 0 Å². The summed E-state index contributed by atoms with van der Waals surface area (Å²) in [6.07, 6.45) is 0. The van der Waals surface area contributed by atoms with E-state index in [0.717, 1.165) is 15.7 Å². The van der Waals surface area contributed by atoms with Crippen LogP contribution < -0.4 is 5.32 Å². The van der Waals surface area contributed by atoms with E-state index in [1.807, 2.05) is 29.6 Å². The predicted molar refractivity (Wildman–Crippen MR) is 84.2 cm³/mol. The molecule has 1 N–H and O–H groups in total. The second-order valence-corrected chi connectivity index (χ2v) is 7.55. The monoisotopic (exact) mass is 398 g/mol. The zero-order chi connectivity index (χ0) is 14.0. The van der Waals surface area contributed by atoms with E-state index < -0.39 is 9.70 Å². The zero-order valence-electron chi connectivity index (χ0n) is 9.16. The molecule has 2 rings (SSSR count). The van der Waals surface area contributed by atoms with E-state index in [1.165, 1.54) is 11.3 Å². The molecular formula is C11H6BrCl3N2OS. The van der Waals surface area contributed by atoms with Crippen LogP contribution in [0, 0.1) is 0 Å². The number of hydrogen-bond acceptors (Lipinski definition) is 3. The highest BCUT2D eigenvalue weighted by Crippen LogP contribution is 2.30. The number of aromatic nitrogens is 1. The molecule has 0 aliphatic rings. The Balaban J connectivity index is 2.16. The predicted octanol–water partition coefficient (Wildman–Crippen LogP) is 4.88. The molecule has 0 unspecified atom stereocenters. The third-order valence-corrected chi connectivity index (χ3v) is 3.92. The minimum absolute atomic E-state index is 0.384. The number of rotatable bonds is 2. The summed E-state index contributed by atoms with van der Waals surface area (Å²) < 4.78 is -1.01. The van der Waals surface area contributed by atoms with Crippen molar-refractivity contribution in [1.29, 1.82) is 0 Å². The van der Waals surface area contributed by atoms with Gasteiger partial charge in [0.15, 0.2) is 5.13 Å². The molecule has 0 aliphatic heterocycles. The zero-order valence-corrected chi connectivity index (χ0v) is 13.8. The van der Waals surface area contributed by atoms with Gasteiger partial charge in [0.2, 0.25) is 0 Å². The molecule has 1 heterocycles. The number of amides is 1. The van der Waals surface area contributed by atoms with E-state index in [0.29, 0.717) is 5.13 Å². The molecule has 1 amide bonds. The standard InChI is InChI=1S/C11H6BrCl3N2OS/c12-7-3-1-6(2-4-7)8-5-19-10(16-8)17-9(18)11(13,14)15/h1-5H,(H,16,17,18). The number of halogens is 4. The summed E-state index contributed by atoms with van der Waals surface area (Å²) in [6, 6.07) is 7.65. The topological polar surface area (TPSA) is 42.0 Å². The Kier molecular flexibility index (Phi) is 4.74. The summed E-state index contributed by atoms with van der Waals surface area (Å²) in [4.78, 5) is 15.7. The Morgan fingerprint density at radius 3 is 2.47 bits per heavy atom. The average Bonchev–Trinajstić information content (AvgIpc) is 2.77. The Labute approximate surface area is 137 Å². The van der Waals surface area contributed by atoms with Crippen molar-refractivity contribution in [1.82, 2.24) is 4.98 Å². The largest absolute Gasteiger partial charge is 0.298 e. The van der Waals surface area contributed by atoms with Crippen LogP contribution in [0.1, 0.15) is 0 Å². The molecule has 0 saturated heterocycles. The summed E-state index contributed by atoms with van der Waals surface area (Å²) in [7, 11) is 0. The first kappa shape index (κ1) is 15.1. The molecule has 0 saturated carbocycles. The number of nitrogens with zero attached hydrogens (tertiary/aromatic N) is 1. The fourth-order valence-corrected chi connectivity index (χ4v) is 2.37. The van der Waals surface area contributed by atoms with Crippen molar-refractivity contribution in [2.75, 3.05) is 5.32 Å². The number of hydrogen-bond donors (Lipinski definition) is 1. The minimum atomic E-state index is -2.00. The van der Waals surface area contributed by atoms with E-state index in [9.17, 15) is 4.79 Å². The number of carbonyl (C=O) groups excluding carboxylic acids is 1. The van der Waals surface area contributed by atoms with E-state index in [2.05, 4.69) is 26.2 Å². The number of alkyl halides is 3. The van der Waals surface area contributed by atoms with E-state index >= 15 is 0 Å². The van der Waals surface area contributed by atoms with Crippen LogP contribution in [-0.2, 0) is 4.79 Å². The van der Waals surface area contributed by atoms with Gasteiger partial charge in [-0.25, -0.2) is 4.98 Å². The highest BCUT2D eigenvalue weighted by molar-refractivity contribution is 9.10. The van der Waals surface area contributed by atoms with Crippen molar-refractivity contribution in [3.63, 3.8) is 0 Å². The molecule has 2 aromatic rings. The van der Waals surface area contributed by atoms with Gasteiger partial charge in [0.1, 0.15) is 0 Å². The van der Waals surface area contributed by atoms with Gasteiger partial charge >= 0.3 is 0 Å². The molecule has 19 heavy (non-hydrogen) atoms. The van der Waals surface area contributed by atoms with Gasteiger partial charge in [-0.2, -0.15) is 0 Å². The molecule has 1 aromatic carbocycles. The van der Waals surface area contributed by atoms with Crippen LogP contribution in [0.5, 0.6) is 0 Å². The molecule has 0 radical (unpaired) electrons. The number of nitrogens with one attached hydrogen (secondary N) is 1. The van der Waals surface area contributed by atoms with Crippen LogP contribution in [0.4, 0.5) is 5.13 Å². The van der Waals surface area contributed by atoms with Crippen LogP contribution >= 0.6 is 62.1 Å². The number of thiazole rings is 1. The second-order valence-electron chi connectivity index (χ2n) is 3.50. The third kappa shape index (κ3) is 4.07. The molecular weight excluding hydrogens is 394 g/mol. The Morgan fingerprint density at radius 2 is 1.89 bits per heavy atom. The maximum atomic E-state index is 11.5. The molecule has 8 heteroatoms. The average molecular weight is 401 g/mol. The summed E-state index contributed by atoms with van der Waals surface area (Å²) in [5, 5.41) is 4.65. The molecule has 3 nitrogen and oxygen atoms in total. The van der Waals surface area contributed by atoms with Gasteiger partial charge in [0.25, 0.3) is 9.70 Å². The molecule has 0 fully saturated rings. The van der Waals surface area contributed by atoms with E-state index in [4.69, 9.17) is 34.8 Å². The molecule has 0 aliphatic carbocycles. The molecule has 0 bridgehead atoms. The SMILES string of the molecule is O=C(Nc1nc(-c2ccc(Br)cc2)cs1)C(Cl)(Cl)Cl. The normalized spacial score (nSPS) is 11.4. The first-order chi connectivity index (χ1) is 8.86. The first-order valence-electron chi connectivity index (χ1n) is 4.96. The summed E-state index contributed by atoms with van der Waals surface area (Å²) in [5.41, 5.74) is 1.69. The van der Waals surface area contributed by atoms with Crippen molar-refractivity contribution < 1.29 is 4.79 Å². The van der Waals surface area contributed by atoms with Crippen molar-refractivity contribution in [3.8, 4) is 11.3 Å². The van der Waals surface area contributed by atoms with E-state index in [1.54, 1.807) is 0 Å². The van der Waals surface area contributed by atoms with Crippen molar-refractivity contribution in [2.45, 2.75) is 3.79 Å². The fraction of sp³-hybridized carbons (Fsp3) is 0.0909. The molecule has 0 atom stereocenters. The van der Waals surface area contributed by atoms with Gasteiger partial charge in [-0.3, -0.25) is 10.1 Å². The maximum Gasteiger partial charge on any atom is 0.278 e. The second kappa shape index (κ2) is 5.97. The minimum Gasteiger partial charge on any atom is -0.298 e.